The highest BCUT2D eigenvalue weighted by Crippen LogP contribution is 2.44. The highest BCUT2D eigenvalue weighted by Gasteiger charge is 2.36. The Morgan fingerprint density at radius 1 is 1.22 bits per heavy atom. The molecule has 27 heavy (non-hydrogen) atoms. The smallest absolute Gasteiger partial charge is 0.191 e. The molecule has 2 fully saturated rings. The van der Waals surface area contributed by atoms with Crippen molar-refractivity contribution in [1.82, 2.24) is 15.5 Å². The van der Waals surface area contributed by atoms with E-state index in [4.69, 9.17) is 14.5 Å². The molecular formula is C20H41IN4O2. The molecule has 1 aliphatic carbocycles. The molecule has 0 amide bonds. The Bertz CT molecular complexity index is 422. The van der Waals surface area contributed by atoms with Crippen LogP contribution < -0.4 is 10.6 Å². The molecule has 1 saturated carbocycles. The predicted octanol–water partition coefficient (Wildman–Crippen LogP) is 2.87. The highest BCUT2D eigenvalue weighted by atomic mass is 127. The second-order valence-electron chi connectivity index (χ2n) is 8.09. The normalized spacial score (nSPS) is 25.4. The lowest BCUT2D eigenvalue weighted by atomic mass is 9.67. The van der Waals surface area contributed by atoms with Crippen LogP contribution >= 0.6 is 24.0 Å². The van der Waals surface area contributed by atoms with E-state index in [-0.39, 0.29) is 24.0 Å². The van der Waals surface area contributed by atoms with Gasteiger partial charge in [0.05, 0.1) is 12.2 Å². The van der Waals surface area contributed by atoms with Gasteiger partial charge in [0.15, 0.2) is 5.96 Å². The van der Waals surface area contributed by atoms with Gasteiger partial charge in [-0.2, -0.15) is 0 Å². The third kappa shape index (κ3) is 8.83. The van der Waals surface area contributed by atoms with Gasteiger partial charge in [-0.1, -0.05) is 6.42 Å². The largest absolute Gasteiger partial charge is 0.385 e. The molecule has 0 radical (unpaired) electrons. The Kier molecular flexibility index (Phi) is 12.2. The number of morpholine rings is 1. The second-order valence-corrected chi connectivity index (χ2v) is 8.09. The molecule has 6 nitrogen and oxygen atoms in total. The van der Waals surface area contributed by atoms with Crippen LogP contribution in [-0.4, -0.2) is 76.1 Å². The van der Waals surface area contributed by atoms with Crippen LogP contribution in [0.15, 0.2) is 4.99 Å². The zero-order valence-electron chi connectivity index (χ0n) is 17.8. The van der Waals surface area contributed by atoms with Crippen molar-refractivity contribution >= 4 is 29.9 Å². The summed E-state index contributed by atoms with van der Waals surface area (Å²) in [7, 11) is 1.79. The van der Waals surface area contributed by atoms with Gasteiger partial charge in [-0.15, -0.1) is 24.0 Å². The Labute approximate surface area is 183 Å². The number of guanidine groups is 1. The second kappa shape index (κ2) is 13.2. The molecule has 2 rings (SSSR count). The van der Waals surface area contributed by atoms with Crippen LogP contribution in [0.2, 0.25) is 0 Å². The van der Waals surface area contributed by atoms with Crippen molar-refractivity contribution in [2.24, 2.45) is 10.4 Å². The standard InChI is InChI=1S/C20H40N4O2.HI/c1-5-21-19(23-16-20(8-6-9-20)10-13-25-4)22-11-7-12-24-14-17(2)26-18(3)15-24;/h17-18H,5-16H2,1-4H3,(H2,21,22,23);1H. The quantitative estimate of drug-likeness (QED) is 0.211. The first-order valence-corrected chi connectivity index (χ1v) is 10.5. The van der Waals surface area contributed by atoms with Crippen LogP contribution in [-0.2, 0) is 9.47 Å². The number of nitrogens with zero attached hydrogens (tertiary/aromatic N) is 2. The number of halogens is 1. The third-order valence-electron chi connectivity index (χ3n) is 5.61. The zero-order valence-corrected chi connectivity index (χ0v) is 20.1. The van der Waals surface area contributed by atoms with E-state index in [1.54, 1.807) is 7.11 Å². The molecule has 2 N–H and O–H groups in total. The summed E-state index contributed by atoms with van der Waals surface area (Å²) < 4.78 is 11.1. The summed E-state index contributed by atoms with van der Waals surface area (Å²) in [5.41, 5.74) is 0.373. The third-order valence-corrected chi connectivity index (χ3v) is 5.61. The Balaban J connectivity index is 0.00000364. The summed E-state index contributed by atoms with van der Waals surface area (Å²) >= 11 is 0. The molecule has 160 valence electrons. The van der Waals surface area contributed by atoms with E-state index in [0.717, 1.165) is 64.7 Å². The maximum absolute atomic E-state index is 5.81. The first-order valence-electron chi connectivity index (χ1n) is 10.5. The minimum atomic E-state index is 0. The lowest BCUT2D eigenvalue weighted by Gasteiger charge is -2.40. The maximum atomic E-state index is 5.81. The van der Waals surface area contributed by atoms with Crippen LogP contribution in [0.1, 0.15) is 52.9 Å². The van der Waals surface area contributed by atoms with Gasteiger partial charge >= 0.3 is 0 Å². The van der Waals surface area contributed by atoms with Gasteiger partial charge in [-0.25, -0.2) is 0 Å². The van der Waals surface area contributed by atoms with Gasteiger partial charge in [-0.05, 0) is 51.9 Å². The van der Waals surface area contributed by atoms with E-state index >= 15 is 0 Å². The monoisotopic (exact) mass is 496 g/mol. The summed E-state index contributed by atoms with van der Waals surface area (Å²) in [6, 6.07) is 0. The average molecular weight is 496 g/mol. The first-order chi connectivity index (χ1) is 12.6. The molecule has 0 spiro atoms. The fourth-order valence-corrected chi connectivity index (χ4v) is 4.05. The van der Waals surface area contributed by atoms with E-state index in [2.05, 4.69) is 36.3 Å². The predicted molar refractivity (Wildman–Crippen MR) is 123 cm³/mol. The lowest BCUT2D eigenvalue weighted by Crippen LogP contribution is -2.46. The number of nitrogens with one attached hydrogen (secondary N) is 2. The molecular weight excluding hydrogens is 455 g/mol. The fourth-order valence-electron chi connectivity index (χ4n) is 4.05. The van der Waals surface area contributed by atoms with Gasteiger partial charge < -0.3 is 20.1 Å². The minimum Gasteiger partial charge on any atom is -0.385 e. The molecule has 1 saturated heterocycles. The van der Waals surface area contributed by atoms with Crippen LogP contribution in [0.3, 0.4) is 0 Å². The molecule has 1 heterocycles. The zero-order chi connectivity index (χ0) is 18.8. The number of ether oxygens (including phenoxy) is 2. The Morgan fingerprint density at radius 2 is 1.93 bits per heavy atom. The van der Waals surface area contributed by atoms with Crippen molar-refractivity contribution in [1.29, 1.82) is 0 Å². The lowest BCUT2D eigenvalue weighted by molar-refractivity contribution is -0.0679. The molecule has 7 heteroatoms. The van der Waals surface area contributed by atoms with E-state index in [9.17, 15) is 0 Å². The SMILES string of the molecule is CCNC(=NCC1(CCOC)CCC1)NCCCN1CC(C)OC(C)C1.I. The van der Waals surface area contributed by atoms with Crippen LogP contribution in [0.25, 0.3) is 0 Å². The Morgan fingerprint density at radius 3 is 2.48 bits per heavy atom. The molecule has 0 aromatic heterocycles. The summed E-state index contributed by atoms with van der Waals surface area (Å²) in [6.07, 6.45) is 6.84. The van der Waals surface area contributed by atoms with Gasteiger partial charge in [-0.3, -0.25) is 9.89 Å². The summed E-state index contributed by atoms with van der Waals surface area (Å²) in [5.74, 6) is 0.958. The number of hydrogen-bond donors (Lipinski definition) is 2. The minimum absolute atomic E-state index is 0. The van der Waals surface area contributed by atoms with Crippen LogP contribution in [0, 0.1) is 5.41 Å². The van der Waals surface area contributed by atoms with E-state index in [1.807, 2.05) is 0 Å². The molecule has 2 aliphatic rings. The summed E-state index contributed by atoms with van der Waals surface area (Å²) in [4.78, 5) is 7.39. The van der Waals surface area contributed by atoms with E-state index < -0.39 is 0 Å². The van der Waals surface area contributed by atoms with Gasteiger partial charge in [0.1, 0.15) is 0 Å². The van der Waals surface area contributed by atoms with Crippen molar-refractivity contribution in [3.8, 4) is 0 Å². The topological polar surface area (TPSA) is 58.1 Å². The first kappa shape index (κ1) is 24.9. The van der Waals surface area contributed by atoms with Crippen LogP contribution in [0.5, 0.6) is 0 Å². The molecule has 0 aromatic rings. The van der Waals surface area contributed by atoms with E-state index in [1.165, 1.54) is 19.3 Å². The van der Waals surface area contributed by atoms with Crippen molar-refractivity contribution in [3.05, 3.63) is 0 Å². The van der Waals surface area contributed by atoms with Crippen LogP contribution in [0.4, 0.5) is 0 Å². The molecule has 2 unspecified atom stereocenters. The van der Waals surface area contributed by atoms with Crippen molar-refractivity contribution in [2.45, 2.75) is 65.1 Å². The molecule has 2 atom stereocenters. The number of rotatable bonds is 10. The summed E-state index contributed by atoms with van der Waals surface area (Å²) in [6.45, 7) is 13.3. The van der Waals surface area contributed by atoms with Gasteiger partial charge in [0.2, 0.25) is 0 Å². The van der Waals surface area contributed by atoms with Crippen molar-refractivity contribution in [2.75, 3.05) is 53.0 Å². The maximum Gasteiger partial charge on any atom is 0.191 e. The van der Waals surface area contributed by atoms with Gasteiger partial charge in [0.25, 0.3) is 0 Å². The Hall–Kier alpha value is -0.120. The molecule has 0 aromatic carbocycles. The summed E-state index contributed by atoms with van der Waals surface area (Å²) in [5, 5.41) is 6.90. The van der Waals surface area contributed by atoms with Crippen molar-refractivity contribution in [3.63, 3.8) is 0 Å². The molecule has 1 aliphatic heterocycles. The van der Waals surface area contributed by atoms with Gasteiger partial charge in [0, 0.05) is 53.0 Å². The van der Waals surface area contributed by atoms with E-state index in [0.29, 0.717) is 17.6 Å². The highest BCUT2D eigenvalue weighted by molar-refractivity contribution is 14.0. The number of aliphatic imine (C=N–C) groups is 1. The number of hydrogen-bond acceptors (Lipinski definition) is 4. The average Bonchev–Trinajstić information content (AvgIpc) is 2.56. The van der Waals surface area contributed by atoms with Crippen molar-refractivity contribution < 1.29 is 9.47 Å². The molecule has 0 bridgehead atoms. The fraction of sp³-hybridized carbons (Fsp3) is 0.950. The number of methoxy groups -OCH3 is 1.